The van der Waals surface area contributed by atoms with Crippen molar-refractivity contribution in [2.75, 3.05) is 24.6 Å². The van der Waals surface area contributed by atoms with Gasteiger partial charge in [-0.1, -0.05) is 0 Å². The lowest BCUT2D eigenvalue weighted by atomic mass is 10.2. The van der Waals surface area contributed by atoms with Crippen LogP contribution in [0.2, 0.25) is 0 Å². The fourth-order valence-electron chi connectivity index (χ4n) is 1.39. The lowest BCUT2D eigenvalue weighted by Gasteiger charge is -2.24. The Labute approximate surface area is 102 Å². The first-order valence-corrected chi connectivity index (χ1v) is 5.23. The van der Waals surface area contributed by atoms with E-state index in [9.17, 15) is 18.0 Å². The van der Waals surface area contributed by atoms with E-state index in [2.05, 4.69) is 4.98 Å². The summed E-state index contributed by atoms with van der Waals surface area (Å²) in [6.07, 6.45) is -3.16. The van der Waals surface area contributed by atoms with Crippen LogP contribution < -0.4 is 4.90 Å². The number of pyridine rings is 1. The third-order valence-corrected chi connectivity index (χ3v) is 2.22. The number of hydrogen-bond donors (Lipinski definition) is 1. The smallest absolute Gasteiger partial charge is 0.395 e. The zero-order valence-corrected chi connectivity index (χ0v) is 9.74. The number of aliphatic hydroxyl groups is 1. The van der Waals surface area contributed by atoms with E-state index in [0.717, 1.165) is 4.90 Å². The summed E-state index contributed by atoms with van der Waals surface area (Å²) in [6.45, 7) is -0.435. The summed E-state index contributed by atoms with van der Waals surface area (Å²) in [5, 5.41) is 8.75. The largest absolute Gasteiger partial charge is 0.405 e. The highest BCUT2D eigenvalue weighted by atomic mass is 19.4. The van der Waals surface area contributed by atoms with Crippen LogP contribution >= 0.6 is 0 Å². The van der Waals surface area contributed by atoms with Gasteiger partial charge in [0.05, 0.1) is 6.61 Å². The lowest BCUT2D eigenvalue weighted by molar-refractivity contribution is -0.120. The van der Waals surface area contributed by atoms with Gasteiger partial charge in [-0.25, -0.2) is 4.98 Å². The highest BCUT2D eigenvalue weighted by Crippen LogP contribution is 2.20. The Hall–Kier alpha value is -1.63. The third kappa shape index (κ3) is 4.33. The number of ketones is 1. The van der Waals surface area contributed by atoms with E-state index in [-0.39, 0.29) is 18.1 Å². The Kier molecular flexibility index (Phi) is 4.66. The second-order valence-corrected chi connectivity index (χ2v) is 3.72. The van der Waals surface area contributed by atoms with Crippen molar-refractivity contribution in [3.05, 3.63) is 23.9 Å². The quantitative estimate of drug-likeness (QED) is 0.820. The molecular weight excluding hydrogens is 249 g/mol. The van der Waals surface area contributed by atoms with Crippen LogP contribution in [-0.2, 0) is 0 Å². The minimum atomic E-state index is -4.38. The number of halogens is 3. The summed E-state index contributed by atoms with van der Waals surface area (Å²) in [7, 11) is 0. The maximum absolute atomic E-state index is 12.3. The van der Waals surface area contributed by atoms with Gasteiger partial charge in [0, 0.05) is 18.3 Å². The Morgan fingerprint density at radius 3 is 2.50 bits per heavy atom. The van der Waals surface area contributed by atoms with E-state index >= 15 is 0 Å². The summed E-state index contributed by atoms with van der Waals surface area (Å²) in [4.78, 5) is 15.7. The van der Waals surface area contributed by atoms with Gasteiger partial charge in [0.15, 0.2) is 5.78 Å². The molecule has 0 atom stereocenters. The Morgan fingerprint density at radius 1 is 1.44 bits per heavy atom. The fraction of sp³-hybridized carbons (Fsp3) is 0.455. The van der Waals surface area contributed by atoms with Crippen LogP contribution in [0.3, 0.4) is 0 Å². The molecule has 0 aliphatic rings. The SMILES string of the molecule is CC(=O)c1ccc(N(CCO)CC(F)(F)F)nc1. The third-order valence-electron chi connectivity index (χ3n) is 2.22. The molecule has 0 aromatic carbocycles. The molecule has 1 rings (SSSR count). The molecule has 0 saturated carbocycles. The van der Waals surface area contributed by atoms with Gasteiger partial charge in [0.25, 0.3) is 0 Å². The summed E-state index contributed by atoms with van der Waals surface area (Å²) < 4.78 is 37.0. The normalized spacial score (nSPS) is 11.4. The van der Waals surface area contributed by atoms with E-state index in [1.807, 2.05) is 0 Å². The second-order valence-electron chi connectivity index (χ2n) is 3.72. The molecule has 4 nitrogen and oxygen atoms in total. The molecule has 7 heteroatoms. The Bertz CT molecular complexity index is 404. The maximum Gasteiger partial charge on any atom is 0.405 e. The number of alkyl halides is 3. The molecule has 100 valence electrons. The average Bonchev–Trinajstić information content (AvgIpc) is 2.27. The maximum atomic E-state index is 12.3. The topological polar surface area (TPSA) is 53.4 Å². The summed E-state index contributed by atoms with van der Waals surface area (Å²) >= 11 is 0. The highest BCUT2D eigenvalue weighted by Gasteiger charge is 2.31. The predicted octanol–water partition coefficient (Wildman–Crippen LogP) is 1.65. The molecule has 0 radical (unpaired) electrons. The molecular formula is C11H13F3N2O2. The average molecular weight is 262 g/mol. The summed E-state index contributed by atoms with van der Waals surface area (Å²) in [6, 6.07) is 2.74. The van der Waals surface area contributed by atoms with Crippen LogP contribution in [0.15, 0.2) is 18.3 Å². The molecule has 0 unspecified atom stereocenters. The van der Waals surface area contributed by atoms with Crippen molar-refractivity contribution in [2.24, 2.45) is 0 Å². The van der Waals surface area contributed by atoms with Crippen molar-refractivity contribution in [3.63, 3.8) is 0 Å². The van der Waals surface area contributed by atoms with Gasteiger partial charge >= 0.3 is 6.18 Å². The molecule has 0 amide bonds. The molecule has 0 bridgehead atoms. The van der Waals surface area contributed by atoms with Crippen molar-refractivity contribution in [1.82, 2.24) is 4.98 Å². The van der Waals surface area contributed by atoms with Crippen LogP contribution in [-0.4, -0.2) is 41.7 Å². The minimum absolute atomic E-state index is 0.0753. The van der Waals surface area contributed by atoms with E-state index in [1.165, 1.54) is 25.3 Å². The van der Waals surface area contributed by atoms with Crippen molar-refractivity contribution in [3.8, 4) is 0 Å². The number of carbonyl (C=O) groups is 1. The monoisotopic (exact) mass is 262 g/mol. The zero-order chi connectivity index (χ0) is 13.8. The van der Waals surface area contributed by atoms with E-state index in [1.54, 1.807) is 0 Å². The number of aliphatic hydroxyl groups excluding tert-OH is 1. The number of aromatic nitrogens is 1. The fourth-order valence-corrected chi connectivity index (χ4v) is 1.39. The number of nitrogens with zero attached hydrogens (tertiary/aromatic N) is 2. The summed E-state index contributed by atoms with van der Waals surface area (Å²) in [5.41, 5.74) is 0.328. The predicted molar refractivity (Wildman–Crippen MR) is 59.6 cm³/mol. The first-order valence-electron chi connectivity index (χ1n) is 5.23. The lowest BCUT2D eigenvalue weighted by Crippen LogP contribution is -2.36. The molecule has 1 aromatic rings. The molecule has 0 fully saturated rings. The molecule has 1 heterocycles. The van der Waals surface area contributed by atoms with E-state index in [0.29, 0.717) is 5.56 Å². The Morgan fingerprint density at radius 2 is 2.11 bits per heavy atom. The number of anilines is 1. The van der Waals surface area contributed by atoms with Gasteiger partial charge in [-0.15, -0.1) is 0 Å². The number of rotatable bonds is 5. The molecule has 0 aliphatic carbocycles. The van der Waals surface area contributed by atoms with Gasteiger partial charge in [-0.05, 0) is 19.1 Å². The van der Waals surface area contributed by atoms with Gasteiger partial charge in [-0.2, -0.15) is 13.2 Å². The molecule has 18 heavy (non-hydrogen) atoms. The van der Waals surface area contributed by atoms with Crippen LogP contribution in [0.4, 0.5) is 19.0 Å². The zero-order valence-electron chi connectivity index (χ0n) is 9.74. The first kappa shape index (κ1) is 14.4. The molecule has 0 saturated heterocycles. The summed E-state index contributed by atoms with van der Waals surface area (Å²) in [5.74, 6) is -0.134. The molecule has 0 aliphatic heterocycles. The highest BCUT2D eigenvalue weighted by molar-refractivity contribution is 5.93. The van der Waals surface area contributed by atoms with Gasteiger partial charge < -0.3 is 10.0 Å². The standard InChI is InChI=1S/C11H13F3N2O2/c1-8(18)9-2-3-10(15-6-9)16(4-5-17)7-11(12,13)14/h2-3,6,17H,4-5,7H2,1H3. The van der Waals surface area contributed by atoms with Crippen LogP contribution in [0.1, 0.15) is 17.3 Å². The Balaban J connectivity index is 2.88. The van der Waals surface area contributed by atoms with E-state index in [4.69, 9.17) is 5.11 Å². The van der Waals surface area contributed by atoms with Gasteiger partial charge in [0.1, 0.15) is 12.4 Å². The van der Waals surface area contributed by atoms with Crippen molar-refractivity contribution in [1.29, 1.82) is 0 Å². The van der Waals surface area contributed by atoms with Crippen molar-refractivity contribution in [2.45, 2.75) is 13.1 Å². The van der Waals surface area contributed by atoms with Crippen LogP contribution in [0.5, 0.6) is 0 Å². The van der Waals surface area contributed by atoms with Crippen molar-refractivity contribution < 1.29 is 23.1 Å². The molecule has 1 aromatic heterocycles. The minimum Gasteiger partial charge on any atom is -0.395 e. The van der Waals surface area contributed by atoms with Crippen LogP contribution in [0, 0.1) is 0 Å². The number of hydrogen-bond acceptors (Lipinski definition) is 4. The number of Topliss-reactive ketones (excluding diaryl/α,β-unsaturated/α-hetero) is 1. The first-order chi connectivity index (χ1) is 8.33. The molecule has 0 spiro atoms. The van der Waals surface area contributed by atoms with Crippen molar-refractivity contribution >= 4 is 11.6 Å². The van der Waals surface area contributed by atoms with Gasteiger partial charge in [0.2, 0.25) is 0 Å². The van der Waals surface area contributed by atoms with Crippen LogP contribution in [0.25, 0.3) is 0 Å². The molecule has 1 N–H and O–H groups in total. The second kappa shape index (κ2) is 5.81. The van der Waals surface area contributed by atoms with Gasteiger partial charge in [-0.3, -0.25) is 4.79 Å². The van der Waals surface area contributed by atoms with E-state index < -0.39 is 19.3 Å². The number of carbonyl (C=O) groups excluding carboxylic acids is 1.